The molecule has 5 heteroatoms. The average Bonchev–Trinajstić information content (AvgIpc) is 3.14. The molecule has 108 valence electrons. The number of nitrogens with one attached hydrogen (secondary N) is 3. The fraction of sp³-hybridized carbons (Fsp3) is 0.467. The molecule has 0 unspecified atom stereocenters. The van der Waals surface area contributed by atoms with Crippen LogP contribution < -0.4 is 16.0 Å². The number of amides is 3. The zero-order valence-electron chi connectivity index (χ0n) is 11.9. The molecule has 1 saturated carbocycles. The summed E-state index contributed by atoms with van der Waals surface area (Å²) in [5.74, 6) is 0.342. The Kier molecular flexibility index (Phi) is 4.61. The second-order valence-corrected chi connectivity index (χ2v) is 5.60. The van der Waals surface area contributed by atoms with Crippen LogP contribution in [0.2, 0.25) is 0 Å². The van der Waals surface area contributed by atoms with Crippen molar-refractivity contribution in [1.82, 2.24) is 5.32 Å². The molecule has 0 heterocycles. The first-order valence-electron chi connectivity index (χ1n) is 7.00. The third kappa shape index (κ3) is 4.91. The summed E-state index contributed by atoms with van der Waals surface area (Å²) in [6, 6.07) is 7.28. The normalized spacial score (nSPS) is 13.9. The van der Waals surface area contributed by atoms with Crippen LogP contribution in [-0.4, -0.2) is 18.0 Å². The maximum Gasteiger partial charge on any atom is 0.319 e. The quantitative estimate of drug-likeness (QED) is 0.773. The molecule has 0 spiro atoms. The van der Waals surface area contributed by atoms with E-state index in [1.54, 1.807) is 24.3 Å². The van der Waals surface area contributed by atoms with Gasteiger partial charge in [-0.15, -0.1) is 0 Å². The second-order valence-electron chi connectivity index (χ2n) is 5.60. The minimum Gasteiger partial charge on any atom is -0.335 e. The van der Waals surface area contributed by atoms with E-state index in [1.807, 2.05) is 13.8 Å². The van der Waals surface area contributed by atoms with Gasteiger partial charge >= 0.3 is 6.03 Å². The van der Waals surface area contributed by atoms with Gasteiger partial charge in [0.05, 0.1) is 0 Å². The monoisotopic (exact) mass is 275 g/mol. The van der Waals surface area contributed by atoms with Crippen LogP contribution in [0.1, 0.15) is 33.1 Å². The SMILES string of the molecule is CC(C)CC(=O)Nc1ccc(NC(=O)NC2CC2)cc1. The predicted octanol–water partition coefficient (Wildman–Crippen LogP) is 2.96. The molecule has 1 aromatic carbocycles. The highest BCUT2D eigenvalue weighted by Crippen LogP contribution is 2.19. The Morgan fingerprint density at radius 2 is 1.65 bits per heavy atom. The van der Waals surface area contributed by atoms with Gasteiger partial charge in [0.1, 0.15) is 0 Å². The second kappa shape index (κ2) is 6.41. The minimum atomic E-state index is -0.177. The number of hydrogen-bond donors (Lipinski definition) is 3. The molecule has 1 aliphatic rings. The van der Waals surface area contributed by atoms with Crippen LogP contribution in [0.3, 0.4) is 0 Å². The summed E-state index contributed by atoms with van der Waals surface area (Å²) in [7, 11) is 0. The third-order valence-electron chi connectivity index (χ3n) is 2.93. The first-order chi connectivity index (χ1) is 9.52. The van der Waals surface area contributed by atoms with Crippen LogP contribution in [0.15, 0.2) is 24.3 Å². The van der Waals surface area contributed by atoms with Gasteiger partial charge in [0.25, 0.3) is 0 Å². The van der Waals surface area contributed by atoms with Crippen molar-refractivity contribution in [2.24, 2.45) is 5.92 Å². The highest BCUT2D eigenvalue weighted by Gasteiger charge is 2.23. The molecule has 3 amide bonds. The van der Waals surface area contributed by atoms with E-state index in [-0.39, 0.29) is 11.9 Å². The van der Waals surface area contributed by atoms with Gasteiger partial charge in [-0.1, -0.05) is 13.8 Å². The highest BCUT2D eigenvalue weighted by molar-refractivity contribution is 5.92. The van der Waals surface area contributed by atoms with Crippen LogP contribution in [0.4, 0.5) is 16.2 Å². The van der Waals surface area contributed by atoms with Crippen molar-refractivity contribution in [2.75, 3.05) is 10.6 Å². The van der Waals surface area contributed by atoms with Crippen molar-refractivity contribution in [3.63, 3.8) is 0 Å². The number of rotatable bonds is 5. The average molecular weight is 275 g/mol. The summed E-state index contributed by atoms with van der Waals surface area (Å²) in [5, 5.41) is 8.44. The van der Waals surface area contributed by atoms with E-state index in [9.17, 15) is 9.59 Å². The van der Waals surface area contributed by atoms with Gasteiger partial charge in [-0.05, 0) is 43.0 Å². The highest BCUT2D eigenvalue weighted by atomic mass is 16.2. The molecular weight excluding hydrogens is 254 g/mol. The lowest BCUT2D eigenvalue weighted by atomic mass is 10.1. The Morgan fingerprint density at radius 1 is 1.10 bits per heavy atom. The van der Waals surface area contributed by atoms with E-state index in [0.29, 0.717) is 24.1 Å². The molecule has 2 rings (SSSR count). The van der Waals surface area contributed by atoms with Gasteiger partial charge in [-0.3, -0.25) is 4.79 Å². The zero-order chi connectivity index (χ0) is 14.5. The van der Waals surface area contributed by atoms with Crippen molar-refractivity contribution in [1.29, 1.82) is 0 Å². The van der Waals surface area contributed by atoms with Gasteiger partial charge in [0.2, 0.25) is 5.91 Å². The Labute approximate surface area is 119 Å². The molecular formula is C15H21N3O2. The largest absolute Gasteiger partial charge is 0.335 e. The van der Waals surface area contributed by atoms with E-state index >= 15 is 0 Å². The minimum absolute atomic E-state index is 0.00665. The fourth-order valence-corrected chi connectivity index (χ4v) is 1.80. The first kappa shape index (κ1) is 14.4. The summed E-state index contributed by atoms with van der Waals surface area (Å²) in [6.07, 6.45) is 2.63. The van der Waals surface area contributed by atoms with E-state index in [1.165, 1.54) is 0 Å². The predicted molar refractivity (Wildman–Crippen MR) is 79.7 cm³/mol. The van der Waals surface area contributed by atoms with Crippen LogP contribution in [0, 0.1) is 5.92 Å². The fourth-order valence-electron chi connectivity index (χ4n) is 1.80. The van der Waals surface area contributed by atoms with Crippen molar-refractivity contribution in [3.8, 4) is 0 Å². The van der Waals surface area contributed by atoms with E-state index in [4.69, 9.17) is 0 Å². The molecule has 20 heavy (non-hydrogen) atoms. The topological polar surface area (TPSA) is 70.2 Å². The van der Waals surface area contributed by atoms with Crippen molar-refractivity contribution < 1.29 is 9.59 Å². The summed E-state index contributed by atoms with van der Waals surface area (Å²) in [5.41, 5.74) is 1.45. The molecule has 3 N–H and O–H groups in total. The number of urea groups is 1. The maximum absolute atomic E-state index is 11.6. The summed E-state index contributed by atoms with van der Waals surface area (Å²) >= 11 is 0. The molecule has 0 atom stereocenters. The molecule has 0 radical (unpaired) electrons. The number of hydrogen-bond acceptors (Lipinski definition) is 2. The number of carbonyl (C=O) groups excluding carboxylic acids is 2. The smallest absolute Gasteiger partial charge is 0.319 e. The van der Waals surface area contributed by atoms with Gasteiger partial charge in [0, 0.05) is 23.8 Å². The summed E-state index contributed by atoms with van der Waals surface area (Å²) in [6.45, 7) is 4.01. The molecule has 1 fully saturated rings. The van der Waals surface area contributed by atoms with Crippen LogP contribution in [0.5, 0.6) is 0 Å². The van der Waals surface area contributed by atoms with Crippen molar-refractivity contribution in [2.45, 2.75) is 39.2 Å². The van der Waals surface area contributed by atoms with E-state index in [2.05, 4.69) is 16.0 Å². The molecule has 0 bridgehead atoms. The van der Waals surface area contributed by atoms with Gasteiger partial charge in [-0.25, -0.2) is 4.79 Å². The van der Waals surface area contributed by atoms with Gasteiger partial charge in [0.15, 0.2) is 0 Å². The lowest BCUT2D eigenvalue weighted by Crippen LogP contribution is -2.30. The molecule has 0 saturated heterocycles. The van der Waals surface area contributed by atoms with Crippen molar-refractivity contribution in [3.05, 3.63) is 24.3 Å². The third-order valence-corrected chi connectivity index (χ3v) is 2.93. The number of carbonyl (C=O) groups is 2. The maximum atomic E-state index is 11.6. The summed E-state index contributed by atoms with van der Waals surface area (Å²) < 4.78 is 0. The zero-order valence-corrected chi connectivity index (χ0v) is 11.9. The lowest BCUT2D eigenvalue weighted by Gasteiger charge is -2.09. The Hall–Kier alpha value is -2.04. The Balaban J connectivity index is 1.82. The first-order valence-corrected chi connectivity index (χ1v) is 7.00. The van der Waals surface area contributed by atoms with Crippen molar-refractivity contribution >= 4 is 23.3 Å². The molecule has 5 nitrogen and oxygen atoms in total. The van der Waals surface area contributed by atoms with Crippen LogP contribution in [-0.2, 0) is 4.79 Å². The van der Waals surface area contributed by atoms with E-state index < -0.39 is 0 Å². The summed E-state index contributed by atoms with van der Waals surface area (Å²) in [4.78, 5) is 23.2. The van der Waals surface area contributed by atoms with Gasteiger partial charge in [-0.2, -0.15) is 0 Å². The number of benzene rings is 1. The number of anilines is 2. The van der Waals surface area contributed by atoms with Crippen LogP contribution >= 0.6 is 0 Å². The molecule has 1 aromatic rings. The Bertz CT molecular complexity index is 441. The molecule has 1 aliphatic carbocycles. The van der Waals surface area contributed by atoms with Gasteiger partial charge < -0.3 is 16.0 Å². The molecule has 0 aromatic heterocycles. The Morgan fingerprint density at radius 3 is 2.15 bits per heavy atom. The lowest BCUT2D eigenvalue weighted by molar-refractivity contribution is -0.116. The van der Waals surface area contributed by atoms with Crippen LogP contribution in [0.25, 0.3) is 0 Å². The molecule has 0 aliphatic heterocycles. The standard InChI is InChI=1S/C15H21N3O2/c1-10(2)9-14(19)16-11-3-5-12(6-4-11)17-15(20)18-13-7-8-13/h3-6,10,13H,7-9H2,1-2H3,(H,16,19)(H2,17,18,20). The van der Waals surface area contributed by atoms with E-state index in [0.717, 1.165) is 18.5 Å².